The molecule has 5 heteroatoms. The third kappa shape index (κ3) is 2.09. The maximum Gasteiger partial charge on any atom is 0.205 e. The van der Waals surface area contributed by atoms with Crippen molar-refractivity contribution in [3.05, 3.63) is 0 Å². The van der Waals surface area contributed by atoms with E-state index in [1.807, 2.05) is 0 Å². The molecule has 0 saturated carbocycles. The number of guanidine groups is 1. The molecule has 1 fully saturated rings. The summed E-state index contributed by atoms with van der Waals surface area (Å²) in [6.07, 6.45) is 0.980. The minimum absolute atomic E-state index is 0.0266. The van der Waals surface area contributed by atoms with E-state index in [1.165, 1.54) is 0 Å². The van der Waals surface area contributed by atoms with Crippen molar-refractivity contribution >= 4 is 5.96 Å². The third-order valence-corrected chi connectivity index (χ3v) is 2.00. The zero-order valence-corrected chi connectivity index (χ0v) is 7.55. The van der Waals surface area contributed by atoms with Crippen molar-refractivity contribution in [2.45, 2.75) is 18.9 Å². The van der Waals surface area contributed by atoms with E-state index in [-0.39, 0.29) is 5.54 Å². The molecule has 1 rings (SSSR count). The predicted octanol–water partition coefficient (Wildman–Crippen LogP) is -0.796. The lowest BCUT2D eigenvalue weighted by Gasteiger charge is -2.25. The van der Waals surface area contributed by atoms with Gasteiger partial charge in [-0.3, -0.25) is 10.4 Å². The Bertz CT molecular complexity index is 174. The van der Waals surface area contributed by atoms with Crippen LogP contribution in [0.15, 0.2) is 4.99 Å². The highest BCUT2D eigenvalue weighted by Gasteiger charge is 2.30. The van der Waals surface area contributed by atoms with Crippen molar-refractivity contribution in [2.24, 2.45) is 10.8 Å². The Morgan fingerprint density at radius 1 is 1.67 bits per heavy atom. The van der Waals surface area contributed by atoms with Gasteiger partial charge in [0.2, 0.25) is 5.96 Å². The molecule has 0 radical (unpaired) electrons. The molecule has 1 atom stereocenters. The van der Waals surface area contributed by atoms with Crippen molar-refractivity contribution in [2.75, 3.05) is 20.3 Å². The van der Waals surface area contributed by atoms with Crippen LogP contribution in [-0.4, -0.2) is 31.8 Å². The maximum absolute atomic E-state index is 5.26. The van der Waals surface area contributed by atoms with Crippen LogP contribution in [-0.2, 0) is 4.74 Å². The summed E-state index contributed by atoms with van der Waals surface area (Å²) in [6.45, 7) is 3.58. The Labute approximate surface area is 72.3 Å². The summed E-state index contributed by atoms with van der Waals surface area (Å²) in [6, 6.07) is 0. The number of hydrogen-bond acceptors (Lipinski definition) is 3. The Balaban J connectivity index is 2.48. The van der Waals surface area contributed by atoms with E-state index < -0.39 is 0 Å². The van der Waals surface area contributed by atoms with Gasteiger partial charge in [-0.25, -0.2) is 5.84 Å². The van der Waals surface area contributed by atoms with Gasteiger partial charge in [-0.2, -0.15) is 0 Å². The van der Waals surface area contributed by atoms with Crippen LogP contribution >= 0.6 is 0 Å². The van der Waals surface area contributed by atoms with Crippen LogP contribution in [0.1, 0.15) is 13.3 Å². The molecule has 1 unspecified atom stereocenters. The molecule has 0 aromatic heterocycles. The zero-order chi connectivity index (χ0) is 9.03. The highest BCUT2D eigenvalue weighted by atomic mass is 16.5. The summed E-state index contributed by atoms with van der Waals surface area (Å²) in [5.41, 5.74) is 2.46. The van der Waals surface area contributed by atoms with Gasteiger partial charge in [-0.05, 0) is 13.3 Å². The van der Waals surface area contributed by atoms with Crippen LogP contribution in [0.25, 0.3) is 0 Å². The molecule has 1 aliphatic heterocycles. The number of nitrogens with zero attached hydrogens (tertiary/aromatic N) is 1. The van der Waals surface area contributed by atoms with Gasteiger partial charge in [0.15, 0.2) is 0 Å². The quantitative estimate of drug-likeness (QED) is 0.210. The minimum Gasteiger partial charge on any atom is -0.379 e. The normalized spacial score (nSPS) is 30.4. The second-order valence-corrected chi connectivity index (χ2v) is 3.20. The molecule has 70 valence electrons. The summed E-state index contributed by atoms with van der Waals surface area (Å²) in [5.74, 6) is 5.84. The molecule has 1 heterocycles. The van der Waals surface area contributed by atoms with Crippen LogP contribution in [0, 0.1) is 0 Å². The standard InChI is InChI=1S/C7H16N4O/c1-7(3-4-12-5-7)10-6(9-2)11-8/h3-5,8H2,1-2H3,(H2,9,10,11). The lowest BCUT2D eigenvalue weighted by Crippen LogP contribution is -2.53. The first-order chi connectivity index (χ1) is 5.70. The van der Waals surface area contributed by atoms with Gasteiger partial charge in [0.25, 0.3) is 0 Å². The van der Waals surface area contributed by atoms with Crippen LogP contribution < -0.4 is 16.6 Å². The summed E-state index contributed by atoms with van der Waals surface area (Å²) in [5, 5.41) is 3.18. The van der Waals surface area contributed by atoms with Gasteiger partial charge in [0, 0.05) is 13.7 Å². The average Bonchev–Trinajstić information content (AvgIpc) is 2.48. The molecular formula is C7H16N4O. The van der Waals surface area contributed by atoms with Crippen LogP contribution in [0.3, 0.4) is 0 Å². The molecule has 1 aliphatic rings. The third-order valence-electron chi connectivity index (χ3n) is 2.00. The van der Waals surface area contributed by atoms with Crippen LogP contribution in [0.5, 0.6) is 0 Å². The number of rotatable bonds is 1. The van der Waals surface area contributed by atoms with Crippen molar-refractivity contribution < 1.29 is 4.74 Å². The van der Waals surface area contributed by atoms with Gasteiger partial charge in [-0.15, -0.1) is 0 Å². The SMILES string of the molecule is CN=C(NN)NC1(C)CCOC1. The Kier molecular flexibility index (Phi) is 2.88. The fourth-order valence-corrected chi connectivity index (χ4v) is 1.21. The second kappa shape index (κ2) is 3.73. The molecule has 0 aromatic carbocycles. The summed E-state index contributed by atoms with van der Waals surface area (Å²) in [7, 11) is 1.68. The molecule has 5 nitrogen and oxygen atoms in total. The smallest absolute Gasteiger partial charge is 0.205 e. The monoisotopic (exact) mass is 172 g/mol. The number of hydrogen-bond donors (Lipinski definition) is 3. The summed E-state index contributed by atoms with van der Waals surface area (Å²) < 4.78 is 5.26. The number of hydrazine groups is 1. The Morgan fingerprint density at radius 3 is 2.83 bits per heavy atom. The van der Waals surface area contributed by atoms with Gasteiger partial charge in [0.1, 0.15) is 0 Å². The number of ether oxygens (including phenoxy) is 1. The molecule has 0 spiro atoms. The molecule has 0 aliphatic carbocycles. The van der Waals surface area contributed by atoms with E-state index >= 15 is 0 Å². The molecule has 1 saturated heterocycles. The van der Waals surface area contributed by atoms with E-state index in [9.17, 15) is 0 Å². The van der Waals surface area contributed by atoms with Gasteiger partial charge >= 0.3 is 0 Å². The second-order valence-electron chi connectivity index (χ2n) is 3.20. The summed E-state index contributed by atoms with van der Waals surface area (Å²) >= 11 is 0. The zero-order valence-electron chi connectivity index (χ0n) is 7.55. The fraction of sp³-hybridized carbons (Fsp3) is 0.857. The molecule has 0 aromatic rings. The number of nitrogens with two attached hydrogens (primary N) is 1. The molecular weight excluding hydrogens is 156 g/mol. The predicted molar refractivity (Wildman–Crippen MR) is 47.7 cm³/mol. The van der Waals surface area contributed by atoms with Crippen molar-refractivity contribution in [1.82, 2.24) is 10.7 Å². The topological polar surface area (TPSA) is 71.7 Å². The van der Waals surface area contributed by atoms with E-state index in [1.54, 1.807) is 7.05 Å². The number of nitrogens with one attached hydrogen (secondary N) is 2. The molecule has 12 heavy (non-hydrogen) atoms. The molecule has 0 amide bonds. The van der Waals surface area contributed by atoms with E-state index in [4.69, 9.17) is 10.6 Å². The lowest BCUT2D eigenvalue weighted by molar-refractivity contribution is 0.177. The van der Waals surface area contributed by atoms with Crippen molar-refractivity contribution in [3.63, 3.8) is 0 Å². The summed E-state index contributed by atoms with van der Waals surface area (Å²) in [4.78, 5) is 3.93. The number of aliphatic imine (C=N–C) groups is 1. The van der Waals surface area contributed by atoms with E-state index in [0.29, 0.717) is 12.6 Å². The largest absolute Gasteiger partial charge is 0.379 e. The maximum atomic E-state index is 5.26. The first-order valence-corrected chi connectivity index (χ1v) is 3.99. The van der Waals surface area contributed by atoms with Gasteiger partial charge in [-0.1, -0.05) is 0 Å². The fourth-order valence-electron chi connectivity index (χ4n) is 1.21. The molecule has 4 N–H and O–H groups in total. The first kappa shape index (κ1) is 9.28. The highest BCUT2D eigenvalue weighted by molar-refractivity contribution is 5.79. The van der Waals surface area contributed by atoms with Crippen molar-refractivity contribution in [3.8, 4) is 0 Å². The Hall–Kier alpha value is -0.810. The first-order valence-electron chi connectivity index (χ1n) is 3.99. The van der Waals surface area contributed by atoms with Crippen molar-refractivity contribution in [1.29, 1.82) is 0 Å². The van der Waals surface area contributed by atoms with E-state index in [2.05, 4.69) is 22.7 Å². The van der Waals surface area contributed by atoms with Gasteiger partial charge < -0.3 is 10.1 Å². The van der Waals surface area contributed by atoms with Crippen LogP contribution in [0.4, 0.5) is 0 Å². The minimum atomic E-state index is -0.0266. The lowest BCUT2D eigenvalue weighted by atomic mass is 10.0. The molecule has 0 bridgehead atoms. The van der Waals surface area contributed by atoms with Gasteiger partial charge in [0.05, 0.1) is 12.1 Å². The average molecular weight is 172 g/mol. The van der Waals surface area contributed by atoms with E-state index in [0.717, 1.165) is 13.0 Å². The van der Waals surface area contributed by atoms with Crippen LogP contribution in [0.2, 0.25) is 0 Å². The highest BCUT2D eigenvalue weighted by Crippen LogP contribution is 2.16. The Morgan fingerprint density at radius 2 is 2.42 bits per heavy atom.